The molecule has 0 fully saturated rings. The van der Waals surface area contributed by atoms with Crippen LogP contribution < -0.4 is 0 Å². The van der Waals surface area contributed by atoms with Gasteiger partial charge in [0.25, 0.3) is 0 Å². The maximum absolute atomic E-state index is 4.65. The van der Waals surface area contributed by atoms with Crippen LogP contribution in [0.2, 0.25) is 0 Å². The third-order valence-corrected chi connectivity index (χ3v) is 6.09. The van der Waals surface area contributed by atoms with Crippen LogP contribution in [-0.4, -0.2) is 15.3 Å². The molecule has 0 saturated carbocycles. The van der Waals surface area contributed by atoms with Crippen LogP contribution in [0, 0.1) is 0 Å². The molecule has 2 aliphatic rings. The van der Waals surface area contributed by atoms with E-state index in [4.69, 9.17) is 0 Å². The lowest BCUT2D eigenvalue weighted by molar-refractivity contribution is 0.789. The Kier molecular flexibility index (Phi) is 5.13. The molecule has 3 nitrogen and oxygen atoms in total. The van der Waals surface area contributed by atoms with Crippen molar-refractivity contribution >= 4 is 33.3 Å². The molecule has 3 heterocycles. The average Bonchev–Trinajstić information content (AvgIpc) is 3.20. The number of aromatic nitrogens is 1. The molecule has 4 aromatic rings. The largest absolute Gasteiger partial charge is 0.309 e. The van der Waals surface area contributed by atoms with Gasteiger partial charge in [0, 0.05) is 28.9 Å². The third-order valence-electron chi connectivity index (χ3n) is 6.09. The summed E-state index contributed by atoms with van der Waals surface area (Å²) in [4.78, 5) is 6.77. The fraction of sp³-hybridized carbons (Fsp3) is 0. The van der Waals surface area contributed by atoms with Crippen LogP contribution in [0.3, 0.4) is 0 Å². The molecule has 0 aliphatic carbocycles. The van der Waals surface area contributed by atoms with E-state index in [2.05, 4.69) is 106 Å². The van der Waals surface area contributed by atoms with Crippen molar-refractivity contribution in [1.29, 1.82) is 0 Å². The number of amidine groups is 1. The van der Waals surface area contributed by atoms with Crippen molar-refractivity contribution in [2.75, 3.05) is 0 Å². The van der Waals surface area contributed by atoms with E-state index in [1.165, 1.54) is 21.8 Å². The first kappa shape index (κ1) is 20.0. The molecule has 34 heavy (non-hydrogen) atoms. The summed E-state index contributed by atoms with van der Waals surface area (Å²) in [6, 6.07) is 26.0. The minimum absolute atomic E-state index is 0.875. The average molecular weight is 438 g/mol. The highest BCUT2D eigenvalue weighted by Crippen LogP contribution is 2.32. The molecule has 0 atom stereocenters. The Morgan fingerprint density at radius 2 is 1.26 bits per heavy atom. The third kappa shape index (κ3) is 3.54. The minimum Gasteiger partial charge on any atom is -0.309 e. The number of fused-ring (bicyclic) bond motifs is 4. The Hall–Kier alpha value is -4.63. The summed E-state index contributed by atoms with van der Waals surface area (Å²) in [6.07, 6.45) is 22.1. The lowest BCUT2D eigenvalue weighted by Gasteiger charge is -2.25. The van der Waals surface area contributed by atoms with Gasteiger partial charge in [0.15, 0.2) is 0 Å². The Labute approximate surface area is 199 Å². The Bertz CT molecular complexity index is 1530. The van der Waals surface area contributed by atoms with Crippen LogP contribution in [0.1, 0.15) is 5.56 Å². The lowest BCUT2D eigenvalue weighted by Crippen LogP contribution is -2.24. The van der Waals surface area contributed by atoms with Crippen molar-refractivity contribution in [3.05, 3.63) is 145 Å². The highest BCUT2D eigenvalue weighted by atomic mass is 15.2. The number of rotatable bonds is 2. The van der Waals surface area contributed by atoms with Gasteiger partial charge >= 0.3 is 0 Å². The molecule has 0 unspecified atom stereocenters. The van der Waals surface area contributed by atoms with Crippen LogP contribution in [0.5, 0.6) is 0 Å². The first-order chi connectivity index (χ1) is 16.9. The normalized spacial score (nSPS) is 19.7. The first-order valence-electron chi connectivity index (χ1n) is 11.4. The lowest BCUT2D eigenvalue weighted by atomic mass is 10.1. The molecule has 2 aliphatic heterocycles. The number of para-hydroxylation sites is 2. The zero-order valence-electron chi connectivity index (χ0n) is 18.6. The van der Waals surface area contributed by atoms with Crippen LogP contribution in [0.4, 0.5) is 0 Å². The topological polar surface area (TPSA) is 20.5 Å². The highest BCUT2D eigenvalue weighted by molar-refractivity contribution is 6.09. The van der Waals surface area contributed by atoms with Gasteiger partial charge in [0.2, 0.25) is 0 Å². The molecule has 0 bridgehead atoms. The zero-order valence-corrected chi connectivity index (χ0v) is 18.6. The molecular formula is C31H23N3. The van der Waals surface area contributed by atoms with Crippen molar-refractivity contribution in [3.8, 4) is 5.69 Å². The molecule has 0 spiro atoms. The SMILES string of the molecule is C1=CC2=N\C=C/C=C\C=C\C=C(/c3ccc(-n4c5ccccc5c5ccccc54)cc3)N2C=C1. The van der Waals surface area contributed by atoms with E-state index in [1.807, 2.05) is 48.7 Å². The van der Waals surface area contributed by atoms with Gasteiger partial charge in [0.05, 0.1) is 16.7 Å². The van der Waals surface area contributed by atoms with Crippen molar-refractivity contribution in [2.24, 2.45) is 4.99 Å². The Morgan fingerprint density at radius 3 is 2.03 bits per heavy atom. The summed E-state index contributed by atoms with van der Waals surface area (Å²) in [5.41, 5.74) is 5.75. The smallest absolute Gasteiger partial charge is 0.137 e. The molecule has 162 valence electrons. The van der Waals surface area contributed by atoms with Gasteiger partial charge in [-0.2, -0.15) is 0 Å². The molecule has 0 amide bonds. The molecule has 0 radical (unpaired) electrons. The number of aliphatic imine (C=N–C) groups is 1. The number of benzene rings is 3. The van der Waals surface area contributed by atoms with Crippen LogP contribution >= 0.6 is 0 Å². The van der Waals surface area contributed by atoms with E-state index in [0.29, 0.717) is 0 Å². The van der Waals surface area contributed by atoms with Gasteiger partial charge in [-0.05, 0) is 54.1 Å². The summed E-state index contributed by atoms with van der Waals surface area (Å²) >= 11 is 0. The number of hydrogen-bond acceptors (Lipinski definition) is 2. The Balaban J connectivity index is 1.47. The Morgan fingerprint density at radius 1 is 0.588 bits per heavy atom. The second-order valence-corrected chi connectivity index (χ2v) is 8.14. The summed E-state index contributed by atoms with van der Waals surface area (Å²) in [5, 5.41) is 2.54. The number of hydrogen-bond donors (Lipinski definition) is 0. The quantitative estimate of drug-likeness (QED) is 0.317. The van der Waals surface area contributed by atoms with Gasteiger partial charge < -0.3 is 9.47 Å². The zero-order chi connectivity index (χ0) is 22.7. The van der Waals surface area contributed by atoms with Gasteiger partial charge in [-0.25, -0.2) is 4.99 Å². The van der Waals surface area contributed by atoms with Gasteiger partial charge in [-0.3, -0.25) is 0 Å². The van der Waals surface area contributed by atoms with E-state index < -0.39 is 0 Å². The van der Waals surface area contributed by atoms with E-state index in [9.17, 15) is 0 Å². The predicted molar refractivity (Wildman–Crippen MR) is 144 cm³/mol. The molecule has 3 aromatic carbocycles. The van der Waals surface area contributed by atoms with Gasteiger partial charge in [-0.1, -0.05) is 78.9 Å². The van der Waals surface area contributed by atoms with E-state index in [1.54, 1.807) is 0 Å². The first-order valence-corrected chi connectivity index (χ1v) is 11.4. The second-order valence-electron chi connectivity index (χ2n) is 8.14. The van der Waals surface area contributed by atoms with E-state index >= 15 is 0 Å². The van der Waals surface area contributed by atoms with Crippen molar-refractivity contribution < 1.29 is 0 Å². The minimum atomic E-state index is 0.875. The summed E-state index contributed by atoms with van der Waals surface area (Å²) in [5.74, 6) is 0.875. The van der Waals surface area contributed by atoms with Crippen LogP contribution in [0.15, 0.2) is 145 Å². The highest BCUT2D eigenvalue weighted by Gasteiger charge is 2.16. The maximum Gasteiger partial charge on any atom is 0.137 e. The van der Waals surface area contributed by atoms with Crippen LogP contribution in [-0.2, 0) is 0 Å². The summed E-state index contributed by atoms with van der Waals surface area (Å²) in [7, 11) is 0. The number of allylic oxidation sites excluding steroid dienone is 8. The standard InChI is InChI=1S/C31H23N3/c1-2-4-14-28(33-23-11-9-17-31(33)32-22-10-3-1)24-18-20-25(21-19-24)34-29-15-7-5-12-26(29)27-13-6-8-16-30(27)34/h1-23H/b3-1-,4-2+,22-10-,28-14+,32-31?. The molecule has 0 N–H and O–H groups in total. The van der Waals surface area contributed by atoms with Crippen molar-refractivity contribution in [2.45, 2.75) is 0 Å². The molecule has 1 aromatic heterocycles. The van der Waals surface area contributed by atoms with E-state index in [-0.39, 0.29) is 0 Å². The monoisotopic (exact) mass is 437 g/mol. The summed E-state index contributed by atoms with van der Waals surface area (Å²) in [6.45, 7) is 0. The summed E-state index contributed by atoms with van der Waals surface area (Å²) < 4.78 is 2.34. The van der Waals surface area contributed by atoms with Crippen molar-refractivity contribution in [3.63, 3.8) is 0 Å². The fourth-order valence-electron chi connectivity index (χ4n) is 4.55. The van der Waals surface area contributed by atoms with Crippen LogP contribution in [0.25, 0.3) is 33.2 Å². The van der Waals surface area contributed by atoms with Crippen molar-refractivity contribution in [1.82, 2.24) is 9.47 Å². The fourth-order valence-corrected chi connectivity index (χ4v) is 4.55. The molecule has 6 rings (SSSR count). The predicted octanol–water partition coefficient (Wildman–Crippen LogP) is 7.55. The van der Waals surface area contributed by atoms with E-state index in [0.717, 1.165) is 22.8 Å². The molecule has 0 saturated heterocycles. The maximum atomic E-state index is 4.65. The second kappa shape index (κ2) is 8.72. The molecular weight excluding hydrogens is 414 g/mol. The number of nitrogens with zero attached hydrogens (tertiary/aromatic N) is 3. The van der Waals surface area contributed by atoms with Gasteiger partial charge in [0.1, 0.15) is 5.84 Å². The molecule has 3 heteroatoms. The van der Waals surface area contributed by atoms with Gasteiger partial charge in [-0.15, -0.1) is 0 Å².